The molecular weight excluding hydrogens is 340 g/mol. The molecule has 5 heteroatoms. The molecular formula is C22H24N2O3. The molecule has 3 rings (SSSR count). The number of nitrogens with zero attached hydrogens (tertiary/aromatic N) is 2. The van der Waals surface area contributed by atoms with E-state index in [-0.39, 0.29) is 25.0 Å². The van der Waals surface area contributed by atoms with E-state index in [9.17, 15) is 14.7 Å². The molecule has 27 heavy (non-hydrogen) atoms. The van der Waals surface area contributed by atoms with E-state index < -0.39 is 0 Å². The number of benzene rings is 2. The number of imide groups is 1. The number of likely N-dealkylation sites (N-methyl/N-ethyl adjacent to an activating group) is 1. The Morgan fingerprint density at radius 3 is 2.19 bits per heavy atom. The van der Waals surface area contributed by atoms with Crippen LogP contribution in [0.3, 0.4) is 0 Å². The Hall–Kier alpha value is -2.92. The van der Waals surface area contributed by atoms with Crippen molar-refractivity contribution in [3.63, 3.8) is 0 Å². The van der Waals surface area contributed by atoms with E-state index in [2.05, 4.69) is 0 Å². The van der Waals surface area contributed by atoms with Crippen LogP contribution in [-0.4, -0.2) is 42.0 Å². The van der Waals surface area contributed by atoms with Gasteiger partial charge in [-0.1, -0.05) is 35.9 Å². The van der Waals surface area contributed by atoms with Gasteiger partial charge < -0.3 is 10.0 Å². The van der Waals surface area contributed by atoms with Crippen LogP contribution in [0.15, 0.2) is 48.2 Å². The Labute approximate surface area is 159 Å². The summed E-state index contributed by atoms with van der Waals surface area (Å²) in [6, 6.07) is 13.1. The molecule has 0 fully saturated rings. The maximum Gasteiger partial charge on any atom is 0.282 e. The maximum atomic E-state index is 13.3. The second-order valence-corrected chi connectivity index (χ2v) is 6.95. The van der Waals surface area contributed by atoms with E-state index in [0.29, 0.717) is 22.5 Å². The van der Waals surface area contributed by atoms with Crippen molar-refractivity contribution in [3.05, 3.63) is 70.4 Å². The summed E-state index contributed by atoms with van der Waals surface area (Å²) in [5, 5.41) is 9.33. The highest BCUT2D eigenvalue weighted by Crippen LogP contribution is 2.34. The molecule has 0 bridgehead atoms. The lowest BCUT2D eigenvalue weighted by atomic mass is 9.99. The number of hydrogen-bond acceptors (Lipinski definition) is 4. The van der Waals surface area contributed by atoms with E-state index in [0.717, 1.165) is 16.7 Å². The molecule has 0 radical (unpaired) electrons. The van der Waals surface area contributed by atoms with Crippen LogP contribution in [-0.2, 0) is 9.59 Å². The van der Waals surface area contributed by atoms with Gasteiger partial charge in [0.15, 0.2) is 0 Å². The largest absolute Gasteiger partial charge is 0.395 e. The van der Waals surface area contributed by atoms with Gasteiger partial charge in [0, 0.05) is 13.6 Å². The molecule has 2 aromatic rings. The van der Waals surface area contributed by atoms with E-state index in [1.165, 1.54) is 4.90 Å². The number of aryl methyl sites for hydroxylation is 3. The van der Waals surface area contributed by atoms with E-state index in [1.807, 2.05) is 51.1 Å². The summed E-state index contributed by atoms with van der Waals surface area (Å²) in [5.74, 6) is -0.708. The molecule has 0 spiro atoms. The Balaban J connectivity index is 2.14. The van der Waals surface area contributed by atoms with Crippen LogP contribution >= 0.6 is 0 Å². The highest BCUT2D eigenvalue weighted by atomic mass is 16.3. The Morgan fingerprint density at radius 1 is 0.926 bits per heavy atom. The molecule has 1 aliphatic rings. The SMILES string of the molecule is Cc1ccc(N2C(=O)C(c3ccc(C)c(C)c3)=C(N(C)CCO)C2=O)cc1. The minimum Gasteiger partial charge on any atom is -0.395 e. The first-order valence-corrected chi connectivity index (χ1v) is 8.94. The quantitative estimate of drug-likeness (QED) is 0.829. The van der Waals surface area contributed by atoms with Crippen LogP contribution in [0, 0.1) is 20.8 Å². The number of carbonyl (C=O) groups is 2. The number of rotatable bonds is 5. The van der Waals surface area contributed by atoms with Crippen molar-refractivity contribution in [2.75, 3.05) is 25.1 Å². The lowest BCUT2D eigenvalue weighted by molar-refractivity contribution is -0.120. The first-order valence-electron chi connectivity index (χ1n) is 8.94. The average Bonchev–Trinajstić information content (AvgIpc) is 2.89. The van der Waals surface area contributed by atoms with Crippen LogP contribution in [0.25, 0.3) is 5.57 Å². The van der Waals surface area contributed by atoms with E-state index in [1.54, 1.807) is 24.1 Å². The molecule has 0 aromatic heterocycles. The van der Waals surface area contributed by atoms with Crippen molar-refractivity contribution in [1.29, 1.82) is 0 Å². The lowest BCUT2D eigenvalue weighted by Crippen LogP contribution is -2.34. The molecule has 140 valence electrons. The molecule has 1 aliphatic heterocycles. The van der Waals surface area contributed by atoms with Gasteiger partial charge in [-0.3, -0.25) is 9.59 Å². The van der Waals surface area contributed by atoms with Crippen molar-refractivity contribution in [1.82, 2.24) is 4.90 Å². The van der Waals surface area contributed by atoms with Crippen molar-refractivity contribution in [2.45, 2.75) is 20.8 Å². The zero-order valence-electron chi connectivity index (χ0n) is 16.1. The van der Waals surface area contributed by atoms with E-state index >= 15 is 0 Å². The zero-order valence-corrected chi connectivity index (χ0v) is 16.1. The highest BCUT2D eigenvalue weighted by Gasteiger charge is 2.41. The number of anilines is 1. The minimum atomic E-state index is -0.368. The normalized spacial score (nSPS) is 14.3. The molecule has 0 atom stereocenters. The number of aliphatic hydroxyl groups is 1. The highest BCUT2D eigenvalue weighted by molar-refractivity contribution is 6.45. The van der Waals surface area contributed by atoms with Gasteiger partial charge >= 0.3 is 0 Å². The Kier molecular flexibility index (Phi) is 5.15. The minimum absolute atomic E-state index is 0.105. The second kappa shape index (κ2) is 7.37. The molecule has 1 heterocycles. The van der Waals surface area contributed by atoms with Crippen LogP contribution in [0.5, 0.6) is 0 Å². The fourth-order valence-electron chi connectivity index (χ4n) is 3.22. The summed E-state index contributed by atoms with van der Waals surface area (Å²) in [6.07, 6.45) is 0. The summed E-state index contributed by atoms with van der Waals surface area (Å²) in [7, 11) is 1.72. The standard InChI is InChI=1S/C22H24N2O3/c1-14-5-9-18(10-6-14)24-21(26)19(17-8-7-15(2)16(3)13-17)20(22(24)27)23(4)11-12-25/h5-10,13,25H,11-12H2,1-4H3. The summed E-state index contributed by atoms with van der Waals surface area (Å²) in [5.41, 5.74) is 5.18. The summed E-state index contributed by atoms with van der Waals surface area (Å²) in [6.45, 7) is 6.11. The van der Waals surface area contributed by atoms with Crippen molar-refractivity contribution in [3.8, 4) is 0 Å². The monoisotopic (exact) mass is 364 g/mol. The first kappa shape index (κ1) is 18.9. The number of amides is 2. The molecule has 0 unspecified atom stereocenters. The second-order valence-electron chi connectivity index (χ2n) is 6.95. The van der Waals surface area contributed by atoms with Crippen molar-refractivity contribution < 1.29 is 14.7 Å². The van der Waals surface area contributed by atoms with Gasteiger partial charge in [0.2, 0.25) is 0 Å². The summed E-state index contributed by atoms with van der Waals surface area (Å²) < 4.78 is 0. The fraction of sp³-hybridized carbons (Fsp3) is 0.273. The van der Waals surface area contributed by atoms with Gasteiger partial charge in [-0.05, 0) is 49.6 Å². The van der Waals surface area contributed by atoms with Crippen molar-refractivity contribution >= 4 is 23.1 Å². The molecule has 1 N–H and O–H groups in total. The average molecular weight is 364 g/mol. The number of aliphatic hydroxyl groups excluding tert-OH is 1. The number of carbonyl (C=O) groups excluding carboxylic acids is 2. The predicted octanol–water partition coefficient (Wildman–Crippen LogP) is 2.82. The van der Waals surface area contributed by atoms with Gasteiger partial charge in [-0.15, -0.1) is 0 Å². The third kappa shape index (κ3) is 3.38. The molecule has 0 saturated carbocycles. The van der Waals surface area contributed by atoms with Gasteiger partial charge in [0.1, 0.15) is 5.70 Å². The number of hydrogen-bond donors (Lipinski definition) is 1. The van der Waals surface area contributed by atoms with E-state index in [4.69, 9.17) is 0 Å². The molecule has 5 nitrogen and oxygen atoms in total. The Morgan fingerprint density at radius 2 is 1.59 bits per heavy atom. The van der Waals surface area contributed by atoms with Gasteiger partial charge in [0.05, 0.1) is 17.9 Å². The van der Waals surface area contributed by atoms with Crippen LogP contribution in [0.1, 0.15) is 22.3 Å². The van der Waals surface area contributed by atoms with Crippen LogP contribution in [0.4, 0.5) is 5.69 Å². The Bertz CT molecular complexity index is 929. The first-order chi connectivity index (χ1) is 12.8. The maximum absolute atomic E-state index is 13.3. The zero-order chi connectivity index (χ0) is 19.7. The molecule has 0 saturated heterocycles. The smallest absolute Gasteiger partial charge is 0.282 e. The van der Waals surface area contributed by atoms with Gasteiger partial charge in [-0.2, -0.15) is 0 Å². The van der Waals surface area contributed by atoms with Crippen molar-refractivity contribution in [2.24, 2.45) is 0 Å². The summed E-state index contributed by atoms with van der Waals surface area (Å²) in [4.78, 5) is 29.3. The van der Waals surface area contributed by atoms with Crippen LogP contribution < -0.4 is 4.90 Å². The fourth-order valence-corrected chi connectivity index (χ4v) is 3.22. The summed E-state index contributed by atoms with van der Waals surface area (Å²) >= 11 is 0. The third-order valence-corrected chi connectivity index (χ3v) is 4.96. The lowest BCUT2D eigenvalue weighted by Gasteiger charge is -2.20. The van der Waals surface area contributed by atoms with Crippen LogP contribution in [0.2, 0.25) is 0 Å². The molecule has 2 amide bonds. The predicted molar refractivity (Wildman–Crippen MR) is 106 cm³/mol. The molecule has 0 aliphatic carbocycles. The topological polar surface area (TPSA) is 60.9 Å². The third-order valence-electron chi connectivity index (χ3n) is 4.96. The van der Waals surface area contributed by atoms with Gasteiger partial charge in [0.25, 0.3) is 11.8 Å². The van der Waals surface area contributed by atoms with Gasteiger partial charge in [-0.25, -0.2) is 4.90 Å². The molecule has 2 aromatic carbocycles.